The van der Waals surface area contributed by atoms with Crippen molar-refractivity contribution in [1.29, 1.82) is 5.26 Å². The van der Waals surface area contributed by atoms with Crippen LogP contribution < -0.4 is 0 Å². The molecular weight excluding hydrogens is 218 g/mol. The molecule has 0 aliphatic rings. The quantitative estimate of drug-likeness (QED) is 0.591. The Bertz CT molecular complexity index is 513. The Morgan fingerprint density at radius 1 is 1.53 bits per heavy atom. The van der Waals surface area contributed by atoms with Crippen molar-refractivity contribution in [3.63, 3.8) is 0 Å². The van der Waals surface area contributed by atoms with Crippen LogP contribution in [0.2, 0.25) is 0 Å². The zero-order valence-corrected chi connectivity index (χ0v) is 9.97. The van der Waals surface area contributed by atoms with Gasteiger partial charge in [0, 0.05) is 37.5 Å². The van der Waals surface area contributed by atoms with Crippen LogP contribution in [-0.2, 0) is 0 Å². The Balaban J connectivity index is 3.30. The molecule has 0 fully saturated rings. The maximum absolute atomic E-state index is 10.7. The maximum Gasteiger partial charge on any atom is 0.270 e. The monoisotopic (exact) mass is 231 g/mol. The lowest BCUT2D eigenvalue weighted by Gasteiger charge is -2.12. The highest BCUT2D eigenvalue weighted by molar-refractivity contribution is 5.62. The molecule has 1 aromatic carbocycles. The number of benzene rings is 1. The van der Waals surface area contributed by atoms with Gasteiger partial charge in [0.15, 0.2) is 0 Å². The highest BCUT2D eigenvalue weighted by Crippen LogP contribution is 2.20. The lowest BCUT2D eigenvalue weighted by molar-refractivity contribution is -0.384. The van der Waals surface area contributed by atoms with Gasteiger partial charge in [-0.2, -0.15) is 5.26 Å². The number of hydrogen-bond donors (Lipinski definition) is 0. The average Bonchev–Trinajstić information content (AvgIpc) is 2.28. The van der Waals surface area contributed by atoms with Gasteiger partial charge in [0.1, 0.15) is 0 Å². The molecule has 88 valence electrons. The zero-order valence-electron chi connectivity index (χ0n) is 9.97. The Morgan fingerprint density at radius 2 is 2.18 bits per heavy atom. The number of nitrogens with zero attached hydrogens (tertiary/aromatic N) is 3. The number of hydrogen-bond acceptors (Lipinski definition) is 4. The fourth-order valence-electron chi connectivity index (χ4n) is 1.24. The van der Waals surface area contributed by atoms with Crippen molar-refractivity contribution in [2.24, 2.45) is 0 Å². The predicted octanol–water partition coefficient (Wildman–Crippen LogP) is 2.39. The lowest BCUT2D eigenvalue weighted by Crippen LogP contribution is -2.07. The molecule has 0 saturated carbocycles. The molecule has 0 atom stereocenters. The number of allylic oxidation sites excluding steroid dienone is 1. The molecule has 0 aliphatic carbocycles. The van der Waals surface area contributed by atoms with E-state index < -0.39 is 4.92 Å². The largest absolute Gasteiger partial charge is 0.381 e. The molecule has 17 heavy (non-hydrogen) atoms. The fourth-order valence-corrected chi connectivity index (χ4v) is 1.24. The zero-order chi connectivity index (χ0) is 13.0. The summed E-state index contributed by atoms with van der Waals surface area (Å²) in [4.78, 5) is 12.1. The van der Waals surface area contributed by atoms with Crippen molar-refractivity contribution >= 4 is 11.8 Å². The Hall–Kier alpha value is -2.35. The first-order valence-electron chi connectivity index (χ1n) is 5.00. The molecule has 0 radical (unpaired) electrons. The second-order valence-corrected chi connectivity index (χ2v) is 3.82. The van der Waals surface area contributed by atoms with E-state index in [0.29, 0.717) is 11.1 Å². The summed E-state index contributed by atoms with van der Waals surface area (Å²) >= 11 is 0. The van der Waals surface area contributed by atoms with Crippen LogP contribution in [0.5, 0.6) is 0 Å². The van der Waals surface area contributed by atoms with Crippen LogP contribution in [0.1, 0.15) is 18.1 Å². The van der Waals surface area contributed by atoms with Gasteiger partial charge in [0.05, 0.1) is 16.6 Å². The van der Waals surface area contributed by atoms with Crippen molar-refractivity contribution < 1.29 is 4.92 Å². The van der Waals surface area contributed by atoms with E-state index in [9.17, 15) is 10.1 Å². The second-order valence-electron chi connectivity index (χ2n) is 3.82. The fraction of sp³-hybridized carbons (Fsp3) is 0.250. The molecule has 0 aliphatic heterocycles. The highest BCUT2D eigenvalue weighted by atomic mass is 16.6. The number of nitro groups is 1. The molecule has 0 unspecified atom stereocenters. The van der Waals surface area contributed by atoms with Crippen molar-refractivity contribution in [1.82, 2.24) is 4.90 Å². The predicted molar refractivity (Wildman–Crippen MR) is 65.1 cm³/mol. The van der Waals surface area contributed by atoms with Crippen LogP contribution in [0.4, 0.5) is 5.69 Å². The van der Waals surface area contributed by atoms with E-state index in [-0.39, 0.29) is 5.69 Å². The van der Waals surface area contributed by atoms with E-state index in [2.05, 4.69) is 0 Å². The van der Waals surface area contributed by atoms with Crippen LogP contribution in [0.3, 0.4) is 0 Å². The van der Waals surface area contributed by atoms with Gasteiger partial charge in [-0.15, -0.1) is 0 Å². The lowest BCUT2D eigenvalue weighted by atomic mass is 10.1. The highest BCUT2D eigenvalue weighted by Gasteiger charge is 2.09. The normalized spacial score (nSPS) is 10.8. The Labute approximate surface area is 99.7 Å². The Kier molecular flexibility index (Phi) is 3.83. The minimum atomic E-state index is -0.469. The van der Waals surface area contributed by atoms with Crippen LogP contribution in [0.15, 0.2) is 23.9 Å². The summed E-state index contributed by atoms with van der Waals surface area (Å²) in [5.41, 5.74) is 1.90. The van der Waals surface area contributed by atoms with Crippen LogP contribution in [-0.4, -0.2) is 23.9 Å². The number of nitro benzene ring substituents is 1. The average molecular weight is 231 g/mol. The summed E-state index contributed by atoms with van der Waals surface area (Å²) in [6, 6.07) is 6.23. The molecule has 5 heteroatoms. The van der Waals surface area contributed by atoms with Gasteiger partial charge in [-0.3, -0.25) is 10.1 Å². The summed E-state index contributed by atoms with van der Waals surface area (Å²) in [5, 5.41) is 19.6. The van der Waals surface area contributed by atoms with Gasteiger partial charge < -0.3 is 4.90 Å². The van der Waals surface area contributed by atoms with E-state index in [1.54, 1.807) is 6.08 Å². The third kappa shape index (κ3) is 3.05. The van der Waals surface area contributed by atoms with Crippen LogP contribution in [0, 0.1) is 21.4 Å². The summed E-state index contributed by atoms with van der Waals surface area (Å²) in [6.45, 7) is 1.87. The summed E-state index contributed by atoms with van der Waals surface area (Å²) in [5.74, 6) is 0. The van der Waals surface area contributed by atoms with Gasteiger partial charge in [0.2, 0.25) is 0 Å². The molecule has 0 bridgehead atoms. The number of nitriles is 1. The molecule has 1 aromatic rings. The molecule has 0 heterocycles. The molecule has 0 amide bonds. The van der Waals surface area contributed by atoms with Crippen molar-refractivity contribution in [3.8, 4) is 6.07 Å². The van der Waals surface area contributed by atoms with E-state index in [4.69, 9.17) is 5.26 Å². The first-order valence-corrected chi connectivity index (χ1v) is 5.00. The first-order chi connectivity index (χ1) is 7.95. The molecular formula is C12H13N3O2. The molecule has 0 spiro atoms. The van der Waals surface area contributed by atoms with Crippen molar-refractivity contribution in [3.05, 3.63) is 45.1 Å². The number of non-ortho nitro benzene ring substituents is 1. The summed E-state index contributed by atoms with van der Waals surface area (Å²) in [7, 11) is 3.74. The van der Waals surface area contributed by atoms with Gasteiger partial charge in [-0.05, 0) is 19.1 Å². The molecule has 0 saturated heterocycles. The van der Waals surface area contributed by atoms with Crippen molar-refractivity contribution in [2.75, 3.05) is 14.1 Å². The van der Waals surface area contributed by atoms with Crippen molar-refractivity contribution in [2.45, 2.75) is 6.92 Å². The minimum absolute atomic E-state index is 0.0122. The maximum atomic E-state index is 10.7. The molecule has 0 N–H and O–H groups in total. The third-order valence-corrected chi connectivity index (χ3v) is 2.44. The van der Waals surface area contributed by atoms with Crippen LogP contribution in [0.25, 0.3) is 6.08 Å². The summed E-state index contributed by atoms with van der Waals surface area (Å²) < 4.78 is 0. The topological polar surface area (TPSA) is 70.2 Å². The molecule has 1 rings (SSSR count). The molecule has 0 aromatic heterocycles. The van der Waals surface area contributed by atoms with E-state index in [1.165, 1.54) is 18.2 Å². The molecule has 5 nitrogen and oxygen atoms in total. The summed E-state index contributed by atoms with van der Waals surface area (Å²) in [6.07, 6.45) is 1.76. The van der Waals surface area contributed by atoms with E-state index in [1.807, 2.05) is 32.0 Å². The standard InChI is InChI=1S/C12H13N3O2/c1-9(14(2)3)6-11-7-12(15(16)17)5-4-10(11)8-13/h4-7H,1-3H3. The minimum Gasteiger partial charge on any atom is -0.381 e. The van der Waals surface area contributed by atoms with Gasteiger partial charge in [-0.25, -0.2) is 0 Å². The van der Waals surface area contributed by atoms with Gasteiger partial charge in [-0.1, -0.05) is 0 Å². The Morgan fingerprint density at radius 3 is 2.65 bits per heavy atom. The second kappa shape index (κ2) is 5.12. The first kappa shape index (κ1) is 12.7. The van der Waals surface area contributed by atoms with E-state index in [0.717, 1.165) is 5.70 Å². The SMILES string of the molecule is CC(=Cc1cc([N+](=O)[O-])ccc1C#N)N(C)C. The van der Waals surface area contributed by atoms with Gasteiger partial charge in [0.25, 0.3) is 5.69 Å². The van der Waals surface area contributed by atoms with Crippen LogP contribution >= 0.6 is 0 Å². The van der Waals surface area contributed by atoms with Gasteiger partial charge >= 0.3 is 0 Å². The number of rotatable bonds is 3. The van der Waals surface area contributed by atoms with E-state index >= 15 is 0 Å². The third-order valence-electron chi connectivity index (χ3n) is 2.44. The smallest absolute Gasteiger partial charge is 0.270 e.